The molecular weight excluding hydrogens is 393 g/mol. The molecule has 19 heavy (non-hydrogen) atoms. The van der Waals surface area contributed by atoms with Crippen LogP contribution in [0.15, 0.2) is 29.8 Å². The van der Waals surface area contributed by atoms with E-state index >= 15 is 0 Å². The highest BCUT2D eigenvalue weighted by Crippen LogP contribution is 2.28. The normalized spacial score (nSPS) is 13.0. The quantitative estimate of drug-likeness (QED) is 0.478. The molecule has 2 heterocycles. The maximum atomic E-state index is 6.05. The van der Waals surface area contributed by atoms with Crippen LogP contribution in [0.5, 0.6) is 0 Å². The van der Waals surface area contributed by atoms with Crippen LogP contribution in [0.1, 0.15) is 23.8 Å². The van der Waals surface area contributed by atoms with Gasteiger partial charge in [0.15, 0.2) is 0 Å². The van der Waals surface area contributed by atoms with Gasteiger partial charge in [-0.05, 0) is 47.7 Å². The van der Waals surface area contributed by atoms with Crippen LogP contribution in [-0.2, 0) is 5.88 Å². The summed E-state index contributed by atoms with van der Waals surface area (Å²) in [4.78, 5) is 9.02. The third-order valence-corrected chi connectivity index (χ3v) is 4.90. The van der Waals surface area contributed by atoms with Crippen molar-refractivity contribution >= 4 is 56.6 Å². The van der Waals surface area contributed by atoms with E-state index in [4.69, 9.17) is 11.6 Å². The first-order chi connectivity index (χ1) is 9.20. The molecule has 0 aliphatic rings. The minimum atomic E-state index is 0.152. The molecule has 3 nitrogen and oxygen atoms in total. The number of nitrogens with zero attached hydrogens (tertiary/aromatic N) is 3. The molecule has 3 rings (SSSR count). The molecule has 0 radical (unpaired) electrons. The van der Waals surface area contributed by atoms with Crippen molar-refractivity contribution in [2.75, 3.05) is 0 Å². The second-order valence-electron chi connectivity index (χ2n) is 4.21. The van der Waals surface area contributed by atoms with E-state index in [-0.39, 0.29) is 6.04 Å². The maximum Gasteiger partial charge on any atom is 0.125 e. The van der Waals surface area contributed by atoms with Crippen molar-refractivity contribution in [3.05, 3.63) is 44.2 Å². The van der Waals surface area contributed by atoms with E-state index in [9.17, 15) is 0 Å². The number of aromatic nitrogens is 3. The molecule has 0 fully saturated rings. The molecule has 2 aromatic heterocycles. The number of benzene rings is 1. The van der Waals surface area contributed by atoms with Crippen LogP contribution in [0.2, 0.25) is 0 Å². The zero-order chi connectivity index (χ0) is 13.4. The Morgan fingerprint density at radius 3 is 3.00 bits per heavy atom. The Bertz CT molecular complexity index is 708. The Morgan fingerprint density at radius 2 is 2.32 bits per heavy atom. The van der Waals surface area contributed by atoms with E-state index in [0.29, 0.717) is 5.88 Å². The lowest BCUT2D eigenvalue weighted by atomic mass is 10.3. The van der Waals surface area contributed by atoms with Gasteiger partial charge in [0, 0.05) is 15.1 Å². The summed E-state index contributed by atoms with van der Waals surface area (Å²) in [5, 5.41) is 3.07. The molecule has 0 spiro atoms. The summed E-state index contributed by atoms with van der Waals surface area (Å²) >= 11 is 10.00. The van der Waals surface area contributed by atoms with Crippen molar-refractivity contribution in [3.8, 4) is 0 Å². The summed E-state index contributed by atoms with van der Waals surface area (Å²) in [5.74, 6) is 1.29. The molecule has 0 amide bonds. The van der Waals surface area contributed by atoms with Gasteiger partial charge in [-0.15, -0.1) is 22.9 Å². The first kappa shape index (κ1) is 13.3. The van der Waals surface area contributed by atoms with Gasteiger partial charge in [-0.25, -0.2) is 9.97 Å². The molecule has 1 aromatic carbocycles. The van der Waals surface area contributed by atoms with Crippen LogP contribution in [0.3, 0.4) is 0 Å². The summed E-state index contributed by atoms with van der Waals surface area (Å²) in [6.45, 7) is 2.13. The van der Waals surface area contributed by atoms with E-state index < -0.39 is 0 Å². The van der Waals surface area contributed by atoms with E-state index in [0.717, 1.165) is 21.9 Å². The summed E-state index contributed by atoms with van der Waals surface area (Å²) in [6, 6.07) is 6.42. The van der Waals surface area contributed by atoms with Gasteiger partial charge in [0.25, 0.3) is 0 Å². The first-order valence-electron chi connectivity index (χ1n) is 5.82. The van der Waals surface area contributed by atoms with E-state index in [1.165, 1.54) is 3.57 Å². The van der Waals surface area contributed by atoms with Crippen LogP contribution >= 0.6 is 45.5 Å². The highest BCUT2D eigenvalue weighted by Gasteiger charge is 2.18. The standard InChI is InChI=1S/C13H11ClIN3S/c1-8(13-16-4-5-19-13)18-11-3-2-9(15)6-10(11)17-12(18)7-14/h2-6,8H,7H2,1H3. The number of halogens is 2. The topological polar surface area (TPSA) is 30.7 Å². The summed E-state index contributed by atoms with van der Waals surface area (Å²) < 4.78 is 3.36. The zero-order valence-corrected chi connectivity index (χ0v) is 13.9. The van der Waals surface area contributed by atoms with E-state index in [1.807, 2.05) is 11.6 Å². The summed E-state index contributed by atoms with van der Waals surface area (Å²) in [5.41, 5.74) is 2.10. The van der Waals surface area contributed by atoms with Gasteiger partial charge in [-0.2, -0.15) is 0 Å². The summed E-state index contributed by atoms with van der Waals surface area (Å²) in [7, 11) is 0. The van der Waals surface area contributed by atoms with Crippen molar-refractivity contribution in [2.45, 2.75) is 18.8 Å². The lowest BCUT2D eigenvalue weighted by Crippen LogP contribution is -2.09. The van der Waals surface area contributed by atoms with Crippen molar-refractivity contribution in [3.63, 3.8) is 0 Å². The maximum absolute atomic E-state index is 6.05. The zero-order valence-electron chi connectivity index (χ0n) is 10.2. The monoisotopic (exact) mass is 403 g/mol. The fraction of sp³-hybridized carbons (Fsp3) is 0.231. The number of fused-ring (bicyclic) bond motifs is 1. The van der Waals surface area contributed by atoms with Crippen LogP contribution < -0.4 is 0 Å². The third-order valence-electron chi connectivity index (χ3n) is 3.04. The van der Waals surface area contributed by atoms with Gasteiger partial charge < -0.3 is 4.57 Å². The minimum Gasteiger partial charge on any atom is -0.317 e. The number of hydrogen-bond donors (Lipinski definition) is 0. The Morgan fingerprint density at radius 1 is 1.47 bits per heavy atom. The number of hydrogen-bond acceptors (Lipinski definition) is 3. The summed E-state index contributed by atoms with van der Waals surface area (Å²) in [6.07, 6.45) is 1.83. The number of rotatable bonds is 3. The Kier molecular flexibility index (Phi) is 3.77. The largest absolute Gasteiger partial charge is 0.317 e. The van der Waals surface area contributed by atoms with Gasteiger partial charge >= 0.3 is 0 Å². The minimum absolute atomic E-state index is 0.152. The van der Waals surface area contributed by atoms with Gasteiger partial charge in [0.1, 0.15) is 10.8 Å². The number of thiazole rings is 1. The molecule has 98 valence electrons. The van der Waals surface area contributed by atoms with Crippen LogP contribution in [0, 0.1) is 3.57 Å². The van der Waals surface area contributed by atoms with Crippen LogP contribution in [-0.4, -0.2) is 14.5 Å². The van der Waals surface area contributed by atoms with Gasteiger partial charge in [0.2, 0.25) is 0 Å². The SMILES string of the molecule is CC(c1nccs1)n1c(CCl)nc2cc(I)ccc21. The molecule has 0 bridgehead atoms. The average Bonchev–Trinajstić information content (AvgIpc) is 3.04. The molecular formula is C13H11ClIN3S. The van der Waals surface area contributed by atoms with Crippen LogP contribution in [0.4, 0.5) is 0 Å². The Balaban J connectivity index is 2.21. The van der Waals surface area contributed by atoms with Crippen molar-refractivity contribution in [1.29, 1.82) is 0 Å². The first-order valence-corrected chi connectivity index (χ1v) is 8.31. The van der Waals surface area contributed by atoms with Crippen molar-refractivity contribution in [1.82, 2.24) is 14.5 Å². The fourth-order valence-corrected chi connectivity index (χ4v) is 3.55. The molecule has 3 aromatic rings. The van der Waals surface area contributed by atoms with Crippen LogP contribution in [0.25, 0.3) is 11.0 Å². The molecule has 0 saturated carbocycles. The molecule has 0 aliphatic heterocycles. The molecule has 6 heteroatoms. The average molecular weight is 404 g/mol. The second-order valence-corrected chi connectivity index (χ2v) is 6.65. The highest BCUT2D eigenvalue weighted by molar-refractivity contribution is 14.1. The molecule has 1 unspecified atom stereocenters. The van der Waals surface area contributed by atoms with E-state index in [2.05, 4.69) is 62.2 Å². The van der Waals surface area contributed by atoms with Crippen molar-refractivity contribution < 1.29 is 0 Å². The van der Waals surface area contributed by atoms with Gasteiger partial charge in [-0.1, -0.05) is 0 Å². The van der Waals surface area contributed by atoms with Gasteiger partial charge in [-0.3, -0.25) is 0 Å². The Hall–Kier alpha value is -0.660. The second kappa shape index (κ2) is 5.38. The Labute approximate surface area is 133 Å². The molecule has 1 atom stereocenters. The van der Waals surface area contributed by atoms with Gasteiger partial charge in [0.05, 0.1) is 23.0 Å². The number of alkyl halides is 1. The molecule has 0 saturated heterocycles. The lowest BCUT2D eigenvalue weighted by molar-refractivity contribution is 0.630. The smallest absolute Gasteiger partial charge is 0.125 e. The predicted molar refractivity (Wildman–Crippen MR) is 87.9 cm³/mol. The number of imidazole rings is 1. The fourth-order valence-electron chi connectivity index (χ4n) is 2.20. The third kappa shape index (κ3) is 2.39. The lowest BCUT2D eigenvalue weighted by Gasteiger charge is -2.14. The van der Waals surface area contributed by atoms with E-state index in [1.54, 1.807) is 11.3 Å². The predicted octanol–water partition coefficient (Wildman–Crippen LogP) is 4.45. The molecule has 0 N–H and O–H groups in total. The van der Waals surface area contributed by atoms with Crippen molar-refractivity contribution in [2.24, 2.45) is 0 Å². The highest BCUT2D eigenvalue weighted by atomic mass is 127. The molecule has 0 aliphatic carbocycles.